The summed E-state index contributed by atoms with van der Waals surface area (Å²) in [7, 11) is 0. The van der Waals surface area contributed by atoms with E-state index >= 15 is 0 Å². The molecule has 2 amide bonds. The van der Waals surface area contributed by atoms with Crippen molar-refractivity contribution in [2.75, 3.05) is 18.4 Å². The van der Waals surface area contributed by atoms with Gasteiger partial charge in [-0.3, -0.25) is 14.9 Å². The largest absolute Gasteiger partial charge is 0.353 e. The molecule has 1 aromatic rings. The van der Waals surface area contributed by atoms with E-state index < -0.39 is 29.4 Å². The van der Waals surface area contributed by atoms with E-state index in [-0.39, 0.29) is 24.7 Å². The molecule has 0 saturated carbocycles. The fraction of sp³-hybridized carbons (Fsp3) is 0.273. The molecule has 3 N–H and O–H groups in total. The van der Waals surface area contributed by atoms with E-state index in [4.69, 9.17) is 0 Å². The summed E-state index contributed by atoms with van der Waals surface area (Å²) in [6.45, 7) is 0.0427. The third-order valence-corrected chi connectivity index (χ3v) is 2.58. The second-order valence-electron chi connectivity index (χ2n) is 3.98. The number of rotatable bonds is 2. The molecule has 1 aromatic carbocycles. The van der Waals surface area contributed by atoms with Crippen LogP contribution in [-0.4, -0.2) is 30.9 Å². The highest BCUT2D eigenvalue weighted by Crippen LogP contribution is 2.17. The van der Waals surface area contributed by atoms with E-state index in [1.165, 1.54) is 0 Å². The van der Waals surface area contributed by atoms with Crippen LogP contribution in [0.25, 0.3) is 0 Å². The zero-order valence-corrected chi connectivity index (χ0v) is 9.60. The predicted octanol–water partition coefficient (Wildman–Crippen LogP) is 0.130. The molecule has 0 radical (unpaired) electrons. The quantitative estimate of drug-likeness (QED) is 0.671. The van der Waals surface area contributed by atoms with Gasteiger partial charge in [-0.15, -0.1) is 0 Å². The number of anilines is 1. The Hall–Kier alpha value is -2.09. The number of nitrogens with one attached hydrogen (secondary N) is 3. The number of halogens is 3. The highest BCUT2D eigenvalue weighted by molar-refractivity contribution is 5.96. The van der Waals surface area contributed by atoms with Crippen molar-refractivity contribution in [3.05, 3.63) is 29.6 Å². The Labute approximate surface area is 106 Å². The molecule has 0 bridgehead atoms. The van der Waals surface area contributed by atoms with Gasteiger partial charge < -0.3 is 10.6 Å². The Morgan fingerprint density at radius 2 is 1.89 bits per heavy atom. The Bertz CT molecular complexity index is 503. The fourth-order valence-corrected chi connectivity index (χ4v) is 1.61. The minimum absolute atomic E-state index is 0.0236. The molecule has 0 spiro atoms. The van der Waals surface area contributed by atoms with E-state index in [0.717, 1.165) is 0 Å². The average molecular weight is 273 g/mol. The van der Waals surface area contributed by atoms with E-state index in [0.29, 0.717) is 12.1 Å². The lowest BCUT2D eigenvalue weighted by Gasteiger charge is -2.23. The molecule has 0 aliphatic carbocycles. The molecular weight excluding hydrogens is 263 g/mol. The first-order chi connectivity index (χ1) is 8.97. The monoisotopic (exact) mass is 273 g/mol. The van der Waals surface area contributed by atoms with Gasteiger partial charge in [-0.2, -0.15) is 0 Å². The van der Waals surface area contributed by atoms with Crippen LogP contribution in [0.3, 0.4) is 0 Å². The SMILES string of the molecule is O=C1CNC(C(=O)Nc2cc(F)c(F)c(F)c2)CN1. The van der Waals surface area contributed by atoms with Crippen molar-refractivity contribution in [2.45, 2.75) is 6.04 Å². The molecule has 2 rings (SSSR count). The number of carbonyl (C=O) groups excluding carboxylic acids is 2. The maximum atomic E-state index is 12.9. The first-order valence-corrected chi connectivity index (χ1v) is 5.43. The summed E-state index contributed by atoms with van der Waals surface area (Å²) in [4.78, 5) is 22.6. The molecule has 102 valence electrons. The second kappa shape index (κ2) is 5.27. The van der Waals surface area contributed by atoms with Gasteiger partial charge in [0.05, 0.1) is 6.54 Å². The van der Waals surface area contributed by atoms with Crippen molar-refractivity contribution in [3.63, 3.8) is 0 Å². The van der Waals surface area contributed by atoms with Crippen LogP contribution in [0, 0.1) is 17.5 Å². The van der Waals surface area contributed by atoms with E-state index in [1.54, 1.807) is 0 Å². The number of benzene rings is 1. The van der Waals surface area contributed by atoms with Crippen molar-refractivity contribution in [2.24, 2.45) is 0 Å². The molecule has 1 atom stereocenters. The topological polar surface area (TPSA) is 70.2 Å². The molecule has 8 heteroatoms. The summed E-state index contributed by atoms with van der Waals surface area (Å²) < 4.78 is 38.6. The van der Waals surface area contributed by atoms with Gasteiger partial charge >= 0.3 is 0 Å². The van der Waals surface area contributed by atoms with Gasteiger partial charge in [-0.05, 0) is 0 Å². The van der Waals surface area contributed by atoms with Gasteiger partial charge in [0.1, 0.15) is 6.04 Å². The molecule has 5 nitrogen and oxygen atoms in total. The molecular formula is C11H10F3N3O2. The highest BCUT2D eigenvalue weighted by Gasteiger charge is 2.24. The maximum absolute atomic E-state index is 12.9. The third kappa shape index (κ3) is 3.02. The van der Waals surface area contributed by atoms with E-state index in [9.17, 15) is 22.8 Å². The minimum Gasteiger partial charge on any atom is -0.353 e. The predicted molar refractivity (Wildman–Crippen MR) is 59.7 cm³/mol. The van der Waals surface area contributed by atoms with E-state index in [1.807, 2.05) is 0 Å². The number of hydrogen-bond donors (Lipinski definition) is 3. The lowest BCUT2D eigenvalue weighted by Crippen LogP contribution is -2.56. The zero-order chi connectivity index (χ0) is 14.0. The van der Waals surface area contributed by atoms with Gasteiger partial charge in [0.15, 0.2) is 17.5 Å². The minimum atomic E-state index is -1.60. The van der Waals surface area contributed by atoms with Gasteiger partial charge in [0, 0.05) is 24.4 Å². The van der Waals surface area contributed by atoms with Crippen molar-refractivity contribution < 1.29 is 22.8 Å². The van der Waals surface area contributed by atoms with Gasteiger partial charge in [-0.1, -0.05) is 0 Å². The van der Waals surface area contributed by atoms with Crippen LogP contribution < -0.4 is 16.0 Å². The second-order valence-corrected chi connectivity index (χ2v) is 3.98. The number of amides is 2. The Kier molecular flexibility index (Phi) is 3.70. The number of carbonyl (C=O) groups is 2. The van der Waals surface area contributed by atoms with Gasteiger partial charge in [0.2, 0.25) is 11.8 Å². The van der Waals surface area contributed by atoms with Crippen molar-refractivity contribution >= 4 is 17.5 Å². The normalized spacial score (nSPS) is 18.9. The van der Waals surface area contributed by atoms with Crippen LogP contribution >= 0.6 is 0 Å². The lowest BCUT2D eigenvalue weighted by atomic mass is 10.2. The fourth-order valence-electron chi connectivity index (χ4n) is 1.61. The smallest absolute Gasteiger partial charge is 0.243 e. The van der Waals surface area contributed by atoms with Crippen LogP contribution in [-0.2, 0) is 9.59 Å². The first kappa shape index (κ1) is 13.3. The summed E-state index contributed by atoms with van der Waals surface area (Å²) in [5.74, 6) is -5.20. The molecule has 1 unspecified atom stereocenters. The van der Waals surface area contributed by atoms with Crippen molar-refractivity contribution in [3.8, 4) is 0 Å². The van der Waals surface area contributed by atoms with E-state index in [2.05, 4.69) is 16.0 Å². The van der Waals surface area contributed by atoms with Crippen LogP contribution in [0.15, 0.2) is 12.1 Å². The summed E-state index contributed by atoms with van der Waals surface area (Å²) in [6, 6.07) is 0.643. The summed E-state index contributed by atoms with van der Waals surface area (Å²) in [5, 5.41) is 7.34. The molecule has 1 fully saturated rings. The molecule has 1 heterocycles. The molecule has 0 aromatic heterocycles. The van der Waals surface area contributed by atoms with Crippen LogP contribution in [0.4, 0.5) is 18.9 Å². The molecule has 1 aliphatic heterocycles. The van der Waals surface area contributed by atoms with Gasteiger partial charge in [-0.25, -0.2) is 13.2 Å². The molecule has 1 saturated heterocycles. The van der Waals surface area contributed by atoms with Crippen LogP contribution in [0.1, 0.15) is 0 Å². The first-order valence-electron chi connectivity index (χ1n) is 5.43. The highest BCUT2D eigenvalue weighted by atomic mass is 19.2. The van der Waals surface area contributed by atoms with Crippen molar-refractivity contribution in [1.82, 2.24) is 10.6 Å². The third-order valence-electron chi connectivity index (χ3n) is 2.58. The Morgan fingerprint density at radius 1 is 1.26 bits per heavy atom. The van der Waals surface area contributed by atoms with Crippen LogP contribution in [0.5, 0.6) is 0 Å². The van der Waals surface area contributed by atoms with Gasteiger partial charge in [0.25, 0.3) is 0 Å². The maximum Gasteiger partial charge on any atom is 0.243 e. The molecule has 19 heavy (non-hydrogen) atoms. The summed E-state index contributed by atoms with van der Waals surface area (Å²) in [5.41, 5.74) is -0.194. The Morgan fingerprint density at radius 3 is 2.42 bits per heavy atom. The lowest BCUT2D eigenvalue weighted by molar-refractivity contribution is -0.124. The standard InChI is InChI=1S/C11H10F3N3O2/c12-6-1-5(2-7(13)10(6)14)17-11(19)8-3-16-9(18)4-15-8/h1-2,8,15H,3-4H2,(H,16,18)(H,17,19). The average Bonchev–Trinajstić information content (AvgIpc) is 2.36. The zero-order valence-electron chi connectivity index (χ0n) is 9.60. The molecule has 1 aliphatic rings. The number of hydrogen-bond acceptors (Lipinski definition) is 3. The van der Waals surface area contributed by atoms with Crippen LogP contribution in [0.2, 0.25) is 0 Å². The number of piperazine rings is 1. The summed E-state index contributed by atoms with van der Waals surface area (Å²) in [6.07, 6.45) is 0. The Balaban J connectivity index is 2.05. The summed E-state index contributed by atoms with van der Waals surface area (Å²) >= 11 is 0. The van der Waals surface area contributed by atoms with Crippen molar-refractivity contribution in [1.29, 1.82) is 0 Å².